The van der Waals surface area contributed by atoms with Crippen LogP contribution < -0.4 is 0 Å². The van der Waals surface area contributed by atoms with Gasteiger partial charge >= 0.3 is 0 Å². The highest BCUT2D eigenvalue weighted by Gasteiger charge is 2.28. The smallest absolute Gasteiger partial charge is 0.150 e. The molecule has 0 bridgehead atoms. The molecule has 0 amide bonds. The largest absolute Gasteiger partial charge is 0.392 e. The number of hydrogen-bond donors (Lipinski definition) is 1. The normalized spacial score (nSPS) is 26.6. The predicted octanol–water partition coefficient (Wildman–Crippen LogP) is 0.586. The molecule has 80 valence electrons. The summed E-state index contributed by atoms with van der Waals surface area (Å²) in [6.45, 7) is 1.73. The zero-order valence-corrected chi connectivity index (χ0v) is 9.18. The first-order chi connectivity index (χ1) is 6.53. The lowest BCUT2D eigenvalue weighted by atomic mass is 10.00. The number of aliphatic hydroxyl groups excluding tert-OH is 1. The van der Waals surface area contributed by atoms with Crippen LogP contribution in [-0.4, -0.2) is 31.1 Å². The Hall–Kier alpha value is -0.530. The highest BCUT2D eigenvalue weighted by molar-refractivity contribution is 7.91. The van der Waals surface area contributed by atoms with Gasteiger partial charge < -0.3 is 5.11 Å². The molecular formula is C10H16O3S. The van der Waals surface area contributed by atoms with E-state index in [4.69, 9.17) is 0 Å². The third kappa shape index (κ3) is 3.69. The Kier molecular flexibility index (Phi) is 3.97. The molecule has 0 radical (unpaired) electrons. The van der Waals surface area contributed by atoms with Crippen LogP contribution in [0.5, 0.6) is 0 Å². The van der Waals surface area contributed by atoms with Crippen molar-refractivity contribution in [3.05, 3.63) is 0 Å². The summed E-state index contributed by atoms with van der Waals surface area (Å²) in [6, 6.07) is 0. The standard InChI is InChI=1S/C10H16O3S/c1-2-3-4-10(11)7-9-5-6-14(12,13)8-9/h9-11H,4-8H2,1H3. The molecule has 1 fully saturated rings. The second-order valence-electron chi connectivity index (χ2n) is 3.79. The number of hydrogen-bond acceptors (Lipinski definition) is 3. The number of sulfone groups is 1. The molecule has 0 saturated carbocycles. The zero-order chi connectivity index (χ0) is 10.6. The molecule has 2 atom stereocenters. The molecule has 1 aliphatic heterocycles. The van der Waals surface area contributed by atoms with E-state index in [1.54, 1.807) is 6.92 Å². The second kappa shape index (κ2) is 4.81. The first-order valence-electron chi connectivity index (χ1n) is 4.81. The molecule has 1 heterocycles. The van der Waals surface area contributed by atoms with Crippen molar-refractivity contribution >= 4 is 9.84 Å². The van der Waals surface area contributed by atoms with E-state index in [2.05, 4.69) is 11.8 Å². The van der Waals surface area contributed by atoms with Crippen molar-refractivity contribution < 1.29 is 13.5 Å². The maximum absolute atomic E-state index is 11.1. The van der Waals surface area contributed by atoms with Gasteiger partial charge in [0.05, 0.1) is 17.6 Å². The molecular weight excluding hydrogens is 200 g/mol. The monoisotopic (exact) mass is 216 g/mol. The third-order valence-corrected chi connectivity index (χ3v) is 4.28. The van der Waals surface area contributed by atoms with Gasteiger partial charge in [0.25, 0.3) is 0 Å². The molecule has 3 nitrogen and oxygen atoms in total. The van der Waals surface area contributed by atoms with Crippen LogP contribution in [0.25, 0.3) is 0 Å². The van der Waals surface area contributed by atoms with Crippen LogP contribution >= 0.6 is 0 Å². The lowest BCUT2D eigenvalue weighted by Gasteiger charge is -2.11. The Morgan fingerprint density at radius 2 is 2.29 bits per heavy atom. The van der Waals surface area contributed by atoms with Crippen molar-refractivity contribution in [2.24, 2.45) is 5.92 Å². The topological polar surface area (TPSA) is 54.4 Å². The lowest BCUT2D eigenvalue weighted by Crippen LogP contribution is -2.14. The summed E-state index contributed by atoms with van der Waals surface area (Å²) >= 11 is 0. The van der Waals surface area contributed by atoms with E-state index in [1.807, 2.05) is 0 Å². The van der Waals surface area contributed by atoms with Gasteiger partial charge in [-0.25, -0.2) is 8.42 Å². The predicted molar refractivity (Wildman–Crippen MR) is 55.5 cm³/mol. The fraction of sp³-hybridized carbons (Fsp3) is 0.800. The van der Waals surface area contributed by atoms with E-state index in [-0.39, 0.29) is 17.4 Å². The highest BCUT2D eigenvalue weighted by atomic mass is 32.2. The van der Waals surface area contributed by atoms with Crippen LogP contribution in [0.4, 0.5) is 0 Å². The molecule has 0 aromatic heterocycles. The van der Waals surface area contributed by atoms with Gasteiger partial charge in [-0.15, -0.1) is 11.8 Å². The molecule has 1 N–H and O–H groups in total. The van der Waals surface area contributed by atoms with Crippen molar-refractivity contribution in [1.29, 1.82) is 0 Å². The average molecular weight is 216 g/mol. The minimum atomic E-state index is -2.81. The summed E-state index contributed by atoms with van der Waals surface area (Å²) in [6.07, 6.45) is 1.24. The van der Waals surface area contributed by atoms with E-state index in [0.29, 0.717) is 19.3 Å². The minimum absolute atomic E-state index is 0.133. The van der Waals surface area contributed by atoms with Crippen LogP contribution in [0.1, 0.15) is 26.2 Å². The summed E-state index contributed by atoms with van der Waals surface area (Å²) in [4.78, 5) is 0. The number of rotatable bonds is 3. The maximum Gasteiger partial charge on any atom is 0.150 e. The quantitative estimate of drug-likeness (QED) is 0.702. The van der Waals surface area contributed by atoms with E-state index in [0.717, 1.165) is 0 Å². The van der Waals surface area contributed by atoms with Crippen molar-refractivity contribution in [3.8, 4) is 11.8 Å². The molecule has 1 rings (SSSR count). The zero-order valence-electron chi connectivity index (χ0n) is 8.36. The fourth-order valence-electron chi connectivity index (χ4n) is 1.75. The molecule has 0 aromatic carbocycles. The molecule has 1 aliphatic rings. The number of aliphatic hydroxyl groups is 1. The van der Waals surface area contributed by atoms with Crippen LogP contribution in [0.15, 0.2) is 0 Å². The summed E-state index contributed by atoms with van der Waals surface area (Å²) < 4.78 is 22.3. The van der Waals surface area contributed by atoms with E-state index >= 15 is 0 Å². The van der Waals surface area contributed by atoms with Gasteiger partial charge in [0, 0.05) is 6.42 Å². The van der Waals surface area contributed by atoms with Gasteiger partial charge in [-0.1, -0.05) is 0 Å². The minimum Gasteiger partial charge on any atom is -0.392 e. The molecule has 0 aromatic rings. The molecule has 2 unspecified atom stereocenters. The SMILES string of the molecule is CC#CCC(O)CC1CCS(=O)(=O)C1. The van der Waals surface area contributed by atoms with Crippen molar-refractivity contribution in [2.75, 3.05) is 11.5 Å². The van der Waals surface area contributed by atoms with Crippen LogP contribution in [0.2, 0.25) is 0 Å². The molecule has 1 saturated heterocycles. The van der Waals surface area contributed by atoms with Gasteiger partial charge in [-0.05, 0) is 25.7 Å². The van der Waals surface area contributed by atoms with Crippen molar-refractivity contribution in [2.45, 2.75) is 32.3 Å². The Bertz CT molecular complexity index is 334. The molecule has 0 aliphatic carbocycles. The van der Waals surface area contributed by atoms with Crippen LogP contribution in [-0.2, 0) is 9.84 Å². The van der Waals surface area contributed by atoms with Gasteiger partial charge in [0.2, 0.25) is 0 Å². The summed E-state index contributed by atoms with van der Waals surface area (Å²) in [5.41, 5.74) is 0. The molecule has 14 heavy (non-hydrogen) atoms. The van der Waals surface area contributed by atoms with Crippen LogP contribution in [0, 0.1) is 17.8 Å². The van der Waals surface area contributed by atoms with Gasteiger partial charge in [0.1, 0.15) is 0 Å². The molecule has 0 spiro atoms. The second-order valence-corrected chi connectivity index (χ2v) is 6.02. The Labute approximate surface area is 85.4 Å². The fourth-order valence-corrected chi connectivity index (χ4v) is 3.63. The Balaban J connectivity index is 2.34. The summed E-state index contributed by atoms with van der Waals surface area (Å²) in [5, 5.41) is 9.51. The van der Waals surface area contributed by atoms with Crippen LogP contribution in [0.3, 0.4) is 0 Å². The summed E-state index contributed by atoms with van der Waals surface area (Å²) in [5.74, 6) is 6.16. The maximum atomic E-state index is 11.1. The average Bonchev–Trinajstić information content (AvgIpc) is 2.42. The van der Waals surface area contributed by atoms with Gasteiger partial charge in [-0.3, -0.25) is 0 Å². The van der Waals surface area contributed by atoms with Crippen molar-refractivity contribution in [3.63, 3.8) is 0 Å². The third-order valence-electron chi connectivity index (χ3n) is 2.45. The Morgan fingerprint density at radius 3 is 2.79 bits per heavy atom. The molecule has 4 heteroatoms. The van der Waals surface area contributed by atoms with E-state index in [9.17, 15) is 13.5 Å². The van der Waals surface area contributed by atoms with E-state index < -0.39 is 15.9 Å². The lowest BCUT2D eigenvalue weighted by molar-refractivity contribution is 0.152. The van der Waals surface area contributed by atoms with E-state index in [1.165, 1.54) is 0 Å². The Morgan fingerprint density at radius 1 is 1.57 bits per heavy atom. The first kappa shape index (κ1) is 11.5. The summed E-state index contributed by atoms with van der Waals surface area (Å²) in [7, 11) is -2.81. The first-order valence-corrected chi connectivity index (χ1v) is 6.64. The van der Waals surface area contributed by atoms with Gasteiger partial charge in [0.15, 0.2) is 9.84 Å². The van der Waals surface area contributed by atoms with Crippen molar-refractivity contribution in [1.82, 2.24) is 0 Å². The highest BCUT2D eigenvalue weighted by Crippen LogP contribution is 2.23. The van der Waals surface area contributed by atoms with Gasteiger partial charge in [-0.2, -0.15) is 0 Å².